The zero-order chi connectivity index (χ0) is 14.8. The van der Waals surface area contributed by atoms with E-state index in [2.05, 4.69) is 91.0 Å². The first-order valence-electron chi connectivity index (χ1n) is 7.62. The van der Waals surface area contributed by atoms with Crippen molar-refractivity contribution in [1.29, 1.82) is 0 Å². The van der Waals surface area contributed by atoms with Gasteiger partial charge in [0.1, 0.15) is 0 Å². The summed E-state index contributed by atoms with van der Waals surface area (Å²) in [5, 5.41) is 4.51. The summed E-state index contributed by atoms with van der Waals surface area (Å²) in [5.74, 6) is 0. The highest BCUT2D eigenvalue weighted by atomic mass is 31.1. The van der Waals surface area contributed by atoms with Crippen LogP contribution in [0, 0.1) is 0 Å². The Labute approximate surface area is 132 Å². The van der Waals surface area contributed by atoms with Gasteiger partial charge < -0.3 is 0 Å². The van der Waals surface area contributed by atoms with E-state index in [0.29, 0.717) is 0 Å². The molecule has 1 aliphatic rings. The minimum absolute atomic E-state index is 0.405. The molecule has 2 aromatic carbocycles. The standard InChI is InChI=1S/C21H17P/c1-3-9-17(10-4-1)20-15-16-21(18-11-5-2-6-12-18)22(20)19-13-7-8-14-19/h1-13,15-16H,14H2. The van der Waals surface area contributed by atoms with Gasteiger partial charge in [-0.2, -0.15) is 0 Å². The van der Waals surface area contributed by atoms with Crippen LogP contribution < -0.4 is 0 Å². The third-order valence-corrected chi connectivity index (χ3v) is 6.74. The van der Waals surface area contributed by atoms with E-state index in [4.69, 9.17) is 0 Å². The van der Waals surface area contributed by atoms with Crippen molar-refractivity contribution < 1.29 is 0 Å². The molecule has 1 heteroatoms. The van der Waals surface area contributed by atoms with Crippen LogP contribution in [0.2, 0.25) is 0 Å². The minimum Gasteiger partial charge on any atom is -0.0811 e. The predicted molar refractivity (Wildman–Crippen MR) is 98.1 cm³/mol. The van der Waals surface area contributed by atoms with E-state index in [0.717, 1.165) is 6.42 Å². The van der Waals surface area contributed by atoms with Crippen LogP contribution in [0.15, 0.2) is 91.0 Å². The van der Waals surface area contributed by atoms with Crippen molar-refractivity contribution in [2.45, 2.75) is 6.42 Å². The first-order chi connectivity index (χ1) is 10.9. The fourth-order valence-corrected chi connectivity index (χ4v) is 5.68. The molecule has 0 radical (unpaired) electrons. The van der Waals surface area contributed by atoms with E-state index >= 15 is 0 Å². The third-order valence-electron chi connectivity index (χ3n) is 4.06. The normalized spacial score (nSPS) is 13.4. The molecular formula is C21H17P. The lowest BCUT2D eigenvalue weighted by molar-refractivity contribution is 1.53. The molecule has 106 valence electrons. The SMILES string of the molecule is C1=CCC(p2c(-c3ccccc3)ccc2-c2ccccc2)=C1. The number of benzene rings is 2. The summed E-state index contributed by atoms with van der Waals surface area (Å²) in [6.45, 7) is 0. The Morgan fingerprint density at radius 3 is 1.64 bits per heavy atom. The molecule has 0 saturated heterocycles. The molecule has 0 unspecified atom stereocenters. The Bertz CT molecular complexity index is 779. The van der Waals surface area contributed by atoms with Crippen molar-refractivity contribution in [3.63, 3.8) is 0 Å². The maximum atomic E-state index is 2.32. The van der Waals surface area contributed by atoms with Crippen LogP contribution in [0.5, 0.6) is 0 Å². The summed E-state index contributed by atoms with van der Waals surface area (Å²) in [7, 11) is -0.405. The molecular weight excluding hydrogens is 283 g/mol. The Morgan fingerprint density at radius 1 is 0.636 bits per heavy atom. The molecule has 1 heterocycles. The molecule has 0 spiro atoms. The largest absolute Gasteiger partial charge is 0.0811 e. The zero-order valence-electron chi connectivity index (χ0n) is 12.3. The average Bonchev–Trinajstić information content (AvgIpc) is 3.25. The van der Waals surface area contributed by atoms with Gasteiger partial charge in [0.2, 0.25) is 0 Å². The van der Waals surface area contributed by atoms with Crippen LogP contribution in [0.1, 0.15) is 6.42 Å². The van der Waals surface area contributed by atoms with E-state index in [9.17, 15) is 0 Å². The third kappa shape index (κ3) is 2.36. The van der Waals surface area contributed by atoms with Gasteiger partial charge in [-0.05, 0) is 35.0 Å². The topological polar surface area (TPSA) is 0 Å². The molecule has 0 bridgehead atoms. The van der Waals surface area contributed by atoms with Crippen molar-refractivity contribution in [2.24, 2.45) is 0 Å². The van der Waals surface area contributed by atoms with Crippen LogP contribution in [0.25, 0.3) is 27.0 Å². The highest BCUT2D eigenvalue weighted by molar-refractivity contribution is 7.66. The quantitative estimate of drug-likeness (QED) is 0.498. The number of rotatable bonds is 3. The van der Waals surface area contributed by atoms with Crippen LogP contribution in [0.4, 0.5) is 0 Å². The minimum atomic E-state index is -0.405. The molecule has 0 amide bonds. The summed E-state index contributed by atoms with van der Waals surface area (Å²) < 4.78 is 0. The summed E-state index contributed by atoms with van der Waals surface area (Å²) in [4.78, 5) is 0. The molecule has 22 heavy (non-hydrogen) atoms. The van der Waals surface area contributed by atoms with Gasteiger partial charge >= 0.3 is 0 Å². The number of hydrogen-bond acceptors (Lipinski definition) is 0. The van der Waals surface area contributed by atoms with Gasteiger partial charge in [0, 0.05) is 10.6 Å². The molecule has 0 nitrogen and oxygen atoms in total. The van der Waals surface area contributed by atoms with Crippen molar-refractivity contribution in [3.05, 3.63) is 91.0 Å². The molecule has 3 aromatic rings. The van der Waals surface area contributed by atoms with Crippen molar-refractivity contribution in [2.75, 3.05) is 0 Å². The Balaban J connectivity index is 1.92. The lowest BCUT2D eigenvalue weighted by Gasteiger charge is -2.11. The molecule has 0 aliphatic heterocycles. The number of hydrogen-bond donors (Lipinski definition) is 0. The monoisotopic (exact) mass is 300 g/mol. The van der Waals surface area contributed by atoms with E-state index in [1.54, 1.807) is 5.31 Å². The lowest BCUT2D eigenvalue weighted by atomic mass is 10.2. The van der Waals surface area contributed by atoms with Gasteiger partial charge in [-0.15, -0.1) is 0 Å². The van der Waals surface area contributed by atoms with Crippen molar-refractivity contribution in [1.82, 2.24) is 0 Å². The van der Waals surface area contributed by atoms with Gasteiger partial charge in [0.25, 0.3) is 0 Å². The second-order valence-electron chi connectivity index (χ2n) is 5.46. The fourth-order valence-electron chi connectivity index (χ4n) is 3.02. The fraction of sp³-hybridized carbons (Fsp3) is 0.0476. The van der Waals surface area contributed by atoms with Crippen LogP contribution in [-0.4, -0.2) is 0 Å². The summed E-state index contributed by atoms with van der Waals surface area (Å²) in [5.41, 5.74) is 2.70. The predicted octanol–water partition coefficient (Wildman–Crippen LogP) is 6.81. The molecule has 0 saturated carbocycles. The molecule has 4 rings (SSSR count). The Hall–Kier alpha value is -2.30. The number of allylic oxidation sites excluding steroid dienone is 4. The van der Waals surface area contributed by atoms with Gasteiger partial charge in [0.15, 0.2) is 0 Å². The van der Waals surface area contributed by atoms with Crippen molar-refractivity contribution in [3.8, 4) is 21.7 Å². The van der Waals surface area contributed by atoms with E-state index < -0.39 is 7.53 Å². The van der Waals surface area contributed by atoms with Crippen molar-refractivity contribution >= 4 is 12.8 Å². The molecule has 0 fully saturated rings. The van der Waals surface area contributed by atoms with Gasteiger partial charge in [-0.1, -0.05) is 86.4 Å². The molecule has 1 aromatic heterocycles. The molecule has 1 aliphatic carbocycles. The maximum Gasteiger partial charge on any atom is 0.00593 e. The van der Waals surface area contributed by atoms with Crippen LogP contribution in [-0.2, 0) is 0 Å². The maximum absolute atomic E-state index is 2.32. The average molecular weight is 300 g/mol. The van der Waals surface area contributed by atoms with Gasteiger partial charge in [0.05, 0.1) is 0 Å². The smallest absolute Gasteiger partial charge is 0.00593 e. The first kappa shape index (κ1) is 13.4. The Morgan fingerprint density at radius 2 is 1.18 bits per heavy atom. The van der Waals surface area contributed by atoms with E-state index in [-0.39, 0.29) is 0 Å². The van der Waals surface area contributed by atoms with Gasteiger partial charge in [-0.3, -0.25) is 0 Å². The highest BCUT2D eigenvalue weighted by Gasteiger charge is 2.16. The van der Waals surface area contributed by atoms with Crippen LogP contribution >= 0.6 is 7.53 Å². The zero-order valence-corrected chi connectivity index (χ0v) is 13.2. The second kappa shape index (κ2) is 5.83. The molecule has 0 atom stereocenters. The van der Waals surface area contributed by atoms with Crippen LogP contribution in [0.3, 0.4) is 0 Å². The van der Waals surface area contributed by atoms with E-state index in [1.165, 1.54) is 21.7 Å². The summed E-state index contributed by atoms with van der Waals surface area (Å²) in [6.07, 6.45) is 7.85. The highest BCUT2D eigenvalue weighted by Crippen LogP contribution is 2.58. The second-order valence-corrected chi connectivity index (χ2v) is 7.67. The first-order valence-corrected chi connectivity index (χ1v) is 8.96. The lowest BCUT2D eigenvalue weighted by Crippen LogP contribution is -1.75. The summed E-state index contributed by atoms with van der Waals surface area (Å²) in [6, 6.07) is 26.3. The van der Waals surface area contributed by atoms with E-state index in [1.807, 2.05) is 0 Å². The Kier molecular flexibility index (Phi) is 3.54. The van der Waals surface area contributed by atoms with Gasteiger partial charge in [-0.25, -0.2) is 0 Å². The molecule has 0 N–H and O–H groups in total. The summed E-state index contributed by atoms with van der Waals surface area (Å²) >= 11 is 0.